The summed E-state index contributed by atoms with van der Waals surface area (Å²) in [6, 6.07) is 12.2. The molecule has 2 aliphatic rings. The number of piperidine rings is 1. The van der Waals surface area contributed by atoms with E-state index in [2.05, 4.69) is 25.7 Å². The van der Waals surface area contributed by atoms with Crippen molar-refractivity contribution in [3.8, 4) is 0 Å². The van der Waals surface area contributed by atoms with Crippen LogP contribution in [0.1, 0.15) is 48.0 Å². The second kappa shape index (κ2) is 12.4. The molecule has 4 aromatic rings. The molecule has 0 aliphatic carbocycles. The van der Waals surface area contributed by atoms with Crippen molar-refractivity contribution < 1.29 is 26.7 Å². The SMILES string of the molecule is O=C(Nc1n[nH]c2ccc(S(=O)(=O)c3cc(F)cc(F)c3)cc12)c1ccc(CN2CCCCC2)cc1NC1CCOCC1. The first-order valence-electron chi connectivity index (χ1n) is 14.5. The molecule has 2 fully saturated rings. The van der Waals surface area contributed by atoms with Gasteiger partial charge < -0.3 is 15.4 Å². The zero-order valence-corrected chi connectivity index (χ0v) is 24.4. The van der Waals surface area contributed by atoms with Crippen molar-refractivity contribution in [3.63, 3.8) is 0 Å². The van der Waals surface area contributed by atoms with Crippen LogP contribution in [0.5, 0.6) is 0 Å². The van der Waals surface area contributed by atoms with Gasteiger partial charge in [-0.2, -0.15) is 5.10 Å². The van der Waals surface area contributed by atoms with Crippen molar-refractivity contribution in [2.24, 2.45) is 0 Å². The Labute approximate surface area is 248 Å². The number of sulfone groups is 1. The third-order valence-electron chi connectivity index (χ3n) is 7.99. The molecule has 43 heavy (non-hydrogen) atoms. The molecule has 0 unspecified atom stereocenters. The van der Waals surface area contributed by atoms with E-state index >= 15 is 0 Å². The highest BCUT2D eigenvalue weighted by Gasteiger charge is 2.23. The Morgan fingerprint density at radius 2 is 1.70 bits per heavy atom. The molecule has 0 spiro atoms. The van der Waals surface area contributed by atoms with Crippen LogP contribution in [0.2, 0.25) is 0 Å². The summed E-state index contributed by atoms with van der Waals surface area (Å²) in [4.78, 5) is 15.4. The minimum Gasteiger partial charge on any atom is -0.381 e. The topological polar surface area (TPSA) is 116 Å². The average molecular weight is 610 g/mol. The van der Waals surface area contributed by atoms with Gasteiger partial charge in [-0.05, 0) is 86.8 Å². The molecule has 1 aromatic heterocycles. The van der Waals surface area contributed by atoms with E-state index in [4.69, 9.17) is 4.74 Å². The zero-order chi connectivity index (χ0) is 30.0. The van der Waals surface area contributed by atoms with Gasteiger partial charge >= 0.3 is 0 Å². The number of likely N-dealkylation sites (tertiary alicyclic amines) is 1. The van der Waals surface area contributed by atoms with E-state index in [1.807, 2.05) is 12.1 Å². The van der Waals surface area contributed by atoms with E-state index in [1.54, 1.807) is 6.07 Å². The van der Waals surface area contributed by atoms with Crippen molar-refractivity contribution in [2.45, 2.75) is 54.5 Å². The monoisotopic (exact) mass is 609 g/mol. The van der Waals surface area contributed by atoms with E-state index in [0.29, 0.717) is 35.7 Å². The molecule has 2 saturated heterocycles. The Bertz CT molecular complexity index is 1730. The summed E-state index contributed by atoms with van der Waals surface area (Å²) in [6.45, 7) is 4.23. The van der Waals surface area contributed by atoms with Crippen LogP contribution >= 0.6 is 0 Å². The lowest BCUT2D eigenvalue weighted by Crippen LogP contribution is -2.30. The van der Waals surface area contributed by atoms with Gasteiger partial charge in [0.15, 0.2) is 5.82 Å². The highest BCUT2D eigenvalue weighted by molar-refractivity contribution is 7.91. The summed E-state index contributed by atoms with van der Waals surface area (Å²) in [5.41, 5.74) is 2.75. The molecule has 6 rings (SSSR count). The highest BCUT2D eigenvalue weighted by Crippen LogP contribution is 2.30. The largest absolute Gasteiger partial charge is 0.381 e. The fraction of sp³-hybridized carbons (Fsp3) is 0.355. The van der Waals surface area contributed by atoms with Gasteiger partial charge in [0.1, 0.15) is 11.6 Å². The first kappa shape index (κ1) is 29.2. The molecule has 3 N–H and O–H groups in total. The number of nitrogens with one attached hydrogen (secondary N) is 3. The van der Waals surface area contributed by atoms with Crippen LogP contribution in [0.25, 0.3) is 10.9 Å². The molecule has 0 bridgehead atoms. The fourth-order valence-electron chi connectivity index (χ4n) is 5.69. The number of anilines is 2. The van der Waals surface area contributed by atoms with E-state index < -0.39 is 32.3 Å². The number of rotatable bonds is 8. The lowest BCUT2D eigenvalue weighted by atomic mass is 10.0. The Balaban J connectivity index is 1.28. The summed E-state index contributed by atoms with van der Waals surface area (Å²) in [5.74, 6) is -2.27. The standard InChI is InChI=1S/C31H33F2N5O4S/c32-21-15-22(33)17-25(16-21)43(40,41)24-5-7-28-27(18-24)30(37-36-28)35-31(39)26-6-4-20(19-38-10-2-1-3-11-38)14-29(26)34-23-8-12-42-13-9-23/h4-7,14-18,23,34H,1-3,8-13,19H2,(H2,35,36,37,39). The first-order chi connectivity index (χ1) is 20.8. The van der Waals surface area contributed by atoms with Gasteiger partial charge in [0.25, 0.3) is 5.91 Å². The second-order valence-corrected chi connectivity index (χ2v) is 13.0. The van der Waals surface area contributed by atoms with Gasteiger partial charge in [-0.15, -0.1) is 0 Å². The van der Waals surface area contributed by atoms with Gasteiger partial charge in [-0.3, -0.25) is 14.8 Å². The van der Waals surface area contributed by atoms with Crippen molar-refractivity contribution in [3.05, 3.63) is 77.4 Å². The lowest BCUT2D eigenvalue weighted by Gasteiger charge is -2.28. The van der Waals surface area contributed by atoms with E-state index in [1.165, 1.54) is 37.5 Å². The highest BCUT2D eigenvalue weighted by atomic mass is 32.2. The number of halogens is 2. The maximum Gasteiger partial charge on any atom is 0.258 e. The number of H-pyrrole nitrogens is 1. The molecule has 226 valence electrons. The van der Waals surface area contributed by atoms with E-state index in [9.17, 15) is 22.0 Å². The lowest BCUT2D eigenvalue weighted by molar-refractivity contribution is 0.0904. The predicted octanol–water partition coefficient (Wildman–Crippen LogP) is 5.50. The molecule has 2 aliphatic heterocycles. The first-order valence-corrected chi connectivity index (χ1v) is 15.9. The van der Waals surface area contributed by atoms with E-state index in [-0.39, 0.29) is 16.8 Å². The summed E-state index contributed by atoms with van der Waals surface area (Å²) in [6.07, 6.45) is 5.29. The number of aromatic nitrogens is 2. The Morgan fingerprint density at radius 3 is 2.44 bits per heavy atom. The number of fused-ring (bicyclic) bond motifs is 1. The maximum absolute atomic E-state index is 13.8. The second-order valence-electron chi connectivity index (χ2n) is 11.1. The quantitative estimate of drug-likeness (QED) is 0.242. The number of hydrogen-bond donors (Lipinski definition) is 3. The number of benzene rings is 3. The Morgan fingerprint density at radius 1 is 0.953 bits per heavy atom. The van der Waals surface area contributed by atoms with Gasteiger partial charge in [-0.1, -0.05) is 12.5 Å². The zero-order valence-electron chi connectivity index (χ0n) is 23.5. The molecule has 1 amide bonds. The Hall–Kier alpha value is -3.87. The average Bonchev–Trinajstić information content (AvgIpc) is 3.39. The molecule has 0 atom stereocenters. The van der Waals surface area contributed by atoms with Crippen molar-refractivity contribution >= 4 is 38.2 Å². The maximum atomic E-state index is 13.8. The van der Waals surface area contributed by atoms with Crippen molar-refractivity contribution in [1.82, 2.24) is 15.1 Å². The molecule has 9 nitrogen and oxygen atoms in total. The number of nitrogens with zero attached hydrogens (tertiary/aromatic N) is 2. The molecule has 0 radical (unpaired) electrons. The third kappa shape index (κ3) is 6.56. The summed E-state index contributed by atoms with van der Waals surface area (Å²) >= 11 is 0. The van der Waals surface area contributed by atoms with Crippen LogP contribution in [-0.4, -0.2) is 61.8 Å². The molecular weight excluding hydrogens is 576 g/mol. The van der Waals surface area contributed by atoms with Gasteiger partial charge in [-0.25, -0.2) is 17.2 Å². The molecule has 0 saturated carbocycles. The van der Waals surface area contributed by atoms with Crippen LogP contribution in [0, 0.1) is 11.6 Å². The van der Waals surface area contributed by atoms with Crippen LogP contribution in [0.3, 0.4) is 0 Å². The van der Waals surface area contributed by atoms with Gasteiger partial charge in [0.05, 0.1) is 20.9 Å². The normalized spacial score (nSPS) is 16.8. The molecular formula is C31H33F2N5O4S. The number of aromatic amines is 1. The van der Waals surface area contributed by atoms with Crippen molar-refractivity contribution in [1.29, 1.82) is 0 Å². The predicted molar refractivity (Wildman–Crippen MR) is 159 cm³/mol. The minimum atomic E-state index is -4.25. The number of carbonyl (C=O) groups is 1. The summed E-state index contributed by atoms with van der Waals surface area (Å²) < 4.78 is 59.5. The number of carbonyl (C=O) groups excluding carboxylic acids is 1. The van der Waals surface area contributed by atoms with Crippen LogP contribution in [0.15, 0.2) is 64.4 Å². The fourth-order valence-corrected chi connectivity index (χ4v) is 7.02. The summed E-state index contributed by atoms with van der Waals surface area (Å²) in [7, 11) is -4.25. The third-order valence-corrected chi connectivity index (χ3v) is 9.72. The number of amides is 1. The Kier molecular flexibility index (Phi) is 8.42. The van der Waals surface area contributed by atoms with Gasteiger partial charge in [0.2, 0.25) is 9.84 Å². The van der Waals surface area contributed by atoms with Crippen molar-refractivity contribution in [2.75, 3.05) is 36.9 Å². The minimum absolute atomic E-state index is 0.136. The van der Waals surface area contributed by atoms with Crippen LogP contribution in [-0.2, 0) is 21.1 Å². The van der Waals surface area contributed by atoms with E-state index in [0.717, 1.165) is 55.9 Å². The molecule has 3 heterocycles. The molecule has 3 aromatic carbocycles. The van der Waals surface area contributed by atoms with Crippen LogP contribution < -0.4 is 10.6 Å². The molecule has 12 heteroatoms. The smallest absolute Gasteiger partial charge is 0.258 e. The number of hydrogen-bond acceptors (Lipinski definition) is 7. The number of ether oxygens (including phenoxy) is 1. The summed E-state index contributed by atoms with van der Waals surface area (Å²) in [5, 5.41) is 13.7. The van der Waals surface area contributed by atoms with Crippen LogP contribution in [0.4, 0.5) is 20.3 Å². The van der Waals surface area contributed by atoms with Gasteiger partial charge in [0, 0.05) is 42.9 Å².